The van der Waals surface area contributed by atoms with Gasteiger partial charge in [-0.05, 0) is 31.9 Å². The van der Waals surface area contributed by atoms with Gasteiger partial charge in [-0.3, -0.25) is 14.7 Å². The summed E-state index contributed by atoms with van der Waals surface area (Å²) in [6.07, 6.45) is 8.50. The van der Waals surface area contributed by atoms with Gasteiger partial charge in [-0.25, -0.2) is 0 Å². The zero-order chi connectivity index (χ0) is 14.7. The number of amides is 1. The lowest BCUT2D eigenvalue weighted by Gasteiger charge is -2.45. The third kappa shape index (κ3) is 3.43. The minimum Gasteiger partial charge on any atom is -0.348 e. The first kappa shape index (κ1) is 14.5. The molecule has 0 radical (unpaired) electrons. The number of aromatic nitrogens is 1. The van der Waals surface area contributed by atoms with Crippen LogP contribution >= 0.6 is 0 Å². The van der Waals surface area contributed by atoms with Gasteiger partial charge in [-0.1, -0.05) is 25.3 Å². The first-order valence-electron chi connectivity index (χ1n) is 8.19. The van der Waals surface area contributed by atoms with Crippen LogP contribution in [0.25, 0.3) is 0 Å². The van der Waals surface area contributed by atoms with E-state index in [0.29, 0.717) is 0 Å². The highest BCUT2D eigenvalue weighted by atomic mass is 16.2. The second-order valence-electron chi connectivity index (χ2n) is 6.43. The predicted molar refractivity (Wildman–Crippen MR) is 82.7 cm³/mol. The van der Waals surface area contributed by atoms with Gasteiger partial charge in [-0.2, -0.15) is 0 Å². The van der Waals surface area contributed by atoms with Gasteiger partial charge in [0.05, 0.1) is 17.7 Å². The van der Waals surface area contributed by atoms with Gasteiger partial charge in [0, 0.05) is 25.3 Å². The molecule has 1 saturated heterocycles. The van der Waals surface area contributed by atoms with Crippen LogP contribution in [0.15, 0.2) is 24.4 Å². The maximum Gasteiger partial charge on any atom is 0.226 e. The molecule has 1 aliphatic carbocycles. The van der Waals surface area contributed by atoms with E-state index in [-0.39, 0.29) is 17.9 Å². The molecule has 1 atom stereocenters. The van der Waals surface area contributed by atoms with Crippen LogP contribution in [0.2, 0.25) is 0 Å². The third-order valence-electron chi connectivity index (χ3n) is 4.86. The molecule has 1 aromatic heterocycles. The lowest BCUT2D eigenvalue weighted by molar-refractivity contribution is -0.132. The van der Waals surface area contributed by atoms with E-state index in [2.05, 4.69) is 15.2 Å². The molecule has 2 aliphatic rings. The molecule has 114 valence electrons. The average Bonchev–Trinajstić information content (AvgIpc) is 2.47. The highest BCUT2D eigenvalue weighted by molar-refractivity contribution is 5.80. The molecule has 1 aliphatic heterocycles. The Morgan fingerprint density at radius 2 is 2.05 bits per heavy atom. The Balaban J connectivity index is 1.45. The van der Waals surface area contributed by atoms with Crippen molar-refractivity contribution >= 4 is 5.91 Å². The van der Waals surface area contributed by atoms with Gasteiger partial charge in [0.1, 0.15) is 0 Å². The summed E-state index contributed by atoms with van der Waals surface area (Å²) < 4.78 is 0. The summed E-state index contributed by atoms with van der Waals surface area (Å²) in [6.45, 7) is 3.87. The second-order valence-corrected chi connectivity index (χ2v) is 6.43. The fraction of sp³-hybridized carbons (Fsp3) is 0.647. The van der Waals surface area contributed by atoms with Gasteiger partial charge in [0.15, 0.2) is 0 Å². The summed E-state index contributed by atoms with van der Waals surface area (Å²) in [5.41, 5.74) is 0.925. The molecule has 1 amide bonds. The van der Waals surface area contributed by atoms with Crippen molar-refractivity contribution in [1.82, 2.24) is 15.2 Å². The number of hydrogen-bond acceptors (Lipinski definition) is 3. The molecule has 1 saturated carbocycles. The van der Waals surface area contributed by atoms with Crippen molar-refractivity contribution in [2.75, 3.05) is 13.1 Å². The van der Waals surface area contributed by atoms with Crippen molar-refractivity contribution in [2.24, 2.45) is 5.92 Å². The second kappa shape index (κ2) is 6.56. The predicted octanol–water partition coefficient (Wildman–Crippen LogP) is 2.52. The molecular formula is C17H25N3O. The summed E-state index contributed by atoms with van der Waals surface area (Å²) in [5.74, 6) is 0.346. The Bertz CT molecular complexity index is 464. The summed E-state index contributed by atoms with van der Waals surface area (Å²) in [6, 6.07) is 6.53. The van der Waals surface area contributed by atoms with Crippen molar-refractivity contribution < 1.29 is 4.79 Å². The first-order valence-corrected chi connectivity index (χ1v) is 8.19. The Kier molecular flexibility index (Phi) is 4.54. The Hall–Kier alpha value is -1.42. The molecule has 4 nitrogen and oxygen atoms in total. The van der Waals surface area contributed by atoms with Gasteiger partial charge in [0.25, 0.3) is 0 Å². The molecule has 0 bridgehead atoms. The smallest absolute Gasteiger partial charge is 0.226 e. The van der Waals surface area contributed by atoms with Crippen LogP contribution in [0, 0.1) is 5.92 Å². The van der Waals surface area contributed by atoms with Crippen molar-refractivity contribution in [2.45, 2.75) is 51.1 Å². The molecule has 2 heterocycles. The number of hydrogen-bond donors (Lipinski definition) is 1. The lowest BCUT2D eigenvalue weighted by Crippen LogP contribution is -2.57. The number of rotatable bonds is 4. The van der Waals surface area contributed by atoms with E-state index in [0.717, 1.165) is 24.8 Å². The molecule has 2 fully saturated rings. The number of carbonyl (C=O) groups is 1. The van der Waals surface area contributed by atoms with Crippen molar-refractivity contribution in [1.29, 1.82) is 0 Å². The highest BCUT2D eigenvalue weighted by Gasteiger charge is 2.37. The number of pyridine rings is 1. The van der Waals surface area contributed by atoms with Gasteiger partial charge in [0.2, 0.25) is 5.91 Å². The fourth-order valence-electron chi connectivity index (χ4n) is 3.46. The molecule has 4 heteroatoms. The van der Waals surface area contributed by atoms with E-state index in [4.69, 9.17) is 0 Å². The maximum atomic E-state index is 12.3. The van der Waals surface area contributed by atoms with Gasteiger partial charge < -0.3 is 5.32 Å². The van der Waals surface area contributed by atoms with Crippen LogP contribution in [0.4, 0.5) is 0 Å². The summed E-state index contributed by atoms with van der Waals surface area (Å²) in [5, 5.41) is 3.09. The molecular weight excluding hydrogens is 262 g/mol. The van der Waals surface area contributed by atoms with Crippen LogP contribution in [-0.2, 0) is 4.79 Å². The first-order chi connectivity index (χ1) is 10.2. The molecule has 21 heavy (non-hydrogen) atoms. The minimum absolute atomic E-state index is 0.0116. The van der Waals surface area contributed by atoms with E-state index >= 15 is 0 Å². The van der Waals surface area contributed by atoms with E-state index in [1.165, 1.54) is 32.1 Å². The van der Waals surface area contributed by atoms with E-state index in [1.807, 2.05) is 25.1 Å². The number of nitrogens with one attached hydrogen (secondary N) is 1. The zero-order valence-corrected chi connectivity index (χ0v) is 12.8. The van der Waals surface area contributed by atoms with Crippen LogP contribution in [-0.4, -0.2) is 34.9 Å². The van der Waals surface area contributed by atoms with E-state index in [9.17, 15) is 4.79 Å². The highest BCUT2D eigenvalue weighted by Crippen LogP contribution is 2.28. The lowest BCUT2D eigenvalue weighted by atomic mass is 9.88. The van der Waals surface area contributed by atoms with Crippen LogP contribution in [0.3, 0.4) is 0 Å². The largest absolute Gasteiger partial charge is 0.348 e. The van der Waals surface area contributed by atoms with Crippen LogP contribution < -0.4 is 5.32 Å². The summed E-state index contributed by atoms with van der Waals surface area (Å²) in [4.78, 5) is 19.1. The van der Waals surface area contributed by atoms with Crippen molar-refractivity contribution in [3.8, 4) is 0 Å². The third-order valence-corrected chi connectivity index (χ3v) is 4.86. The Morgan fingerprint density at radius 3 is 2.71 bits per heavy atom. The summed E-state index contributed by atoms with van der Waals surface area (Å²) in [7, 11) is 0. The zero-order valence-electron chi connectivity index (χ0n) is 12.8. The van der Waals surface area contributed by atoms with Crippen LogP contribution in [0.5, 0.6) is 0 Å². The van der Waals surface area contributed by atoms with E-state index < -0.39 is 0 Å². The molecule has 1 unspecified atom stereocenters. The number of nitrogens with zero attached hydrogens (tertiary/aromatic N) is 2. The molecule has 0 spiro atoms. The quantitative estimate of drug-likeness (QED) is 0.925. The van der Waals surface area contributed by atoms with E-state index in [1.54, 1.807) is 6.20 Å². The summed E-state index contributed by atoms with van der Waals surface area (Å²) >= 11 is 0. The monoisotopic (exact) mass is 287 g/mol. The maximum absolute atomic E-state index is 12.3. The minimum atomic E-state index is -0.0116. The molecule has 0 aromatic carbocycles. The number of likely N-dealkylation sites (tertiary alicyclic amines) is 1. The molecule has 1 N–H and O–H groups in total. The Morgan fingerprint density at radius 1 is 1.29 bits per heavy atom. The fourth-order valence-corrected chi connectivity index (χ4v) is 3.46. The van der Waals surface area contributed by atoms with Crippen molar-refractivity contribution in [3.63, 3.8) is 0 Å². The van der Waals surface area contributed by atoms with Gasteiger partial charge in [-0.15, -0.1) is 0 Å². The van der Waals surface area contributed by atoms with Crippen LogP contribution in [0.1, 0.15) is 50.8 Å². The standard InChI is InChI=1S/C17H25N3O/c1-13(16-9-5-6-10-18-16)19-17(21)14-11-20(12-14)15-7-3-2-4-8-15/h5-6,9-10,13-15H,2-4,7-8,11-12H2,1H3,(H,19,21). The topological polar surface area (TPSA) is 45.2 Å². The SMILES string of the molecule is CC(NC(=O)C1CN(C2CCCCC2)C1)c1ccccn1. The molecule has 3 rings (SSSR count). The van der Waals surface area contributed by atoms with Crippen molar-refractivity contribution in [3.05, 3.63) is 30.1 Å². The Labute approximate surface area is 126 Å². The number of carbonyl (C=O) groups excluding carboxylic acids is 1. The molecule has 1 aromatic rings. The average molecular weight is 287 g/mol. The normalized spacial score (nSPS) is 22.5. The van der Waals surface area contributed by atoms with Gasteiger partial charge >= 0.3 is 0 Å².